The fourth-order valence-electron chi connectivity index (χ4n) is 5.86. The third kappa shape index (κ3) is 4.77. The number of aliphatic hydroxyl groups is 1. The number of aromatic nitrogens is 1. The zero-order chi connectivity index (χ0) is 23.8. The van der Waals surface area contributed by atoms with Gasteiger partial charge >= 0.3 is 0 Å². The number of thiazole rings is 1. The monoisotopic (exact) mass is 462 g/mol. The molecule has 8 heteroatoms. The summed E-state index contributed by atoms with van der Waals surface area (Å²) in [5.41, 5.74) is 0.940. The maximum absolute atomic E-state index is 12.9. The Morgan fingerprint density at radius 2 is 2.09 bits per heavy atom. The van der Waals surface area contributed by atoms with Crippen molar-refractivity contribution in [3.8, 4) is 0 Å². The van der Waals surface area contributed by atoms with Crippen LogP contribution in [0.1, 0.15) is 50.1 Å². The first-order valence-electron chi connectivity index (χ1n) is 11.5. The molecule has 7 nitrogen and oxygen atoms in total. The molecule has 1 aromatic heterocycles. The standard InChI is InChI=1S/C24H38N4O3S/c1-8-11-28(7)22(31)14(2)16-9-10-24(4)12-17-20(15(3)19(24)21(16)30)26-23(32-17)25-18(29)13-27(5)6/h8,14-16,19,21,30H,1,9-13H2,2-7H3,(H,25,26,29)/t14-,15-,16-,19+,21-,24-/m0/s1. The summed E-state index contributed by atoms with van der Waals surface area (Å²) in [4.78, 5) is 34.6. The number of nitrogens with zero attached hydrogens (tertiary/aromatic N) is 3. The summed E-state index contributed by atoms with van der Waals surface area (Å²) in [5.74, 6) is -0.250. The largest absolute Gasteiger partial charge is 0.392 e. The van der Waals surface area contributed by atoms with Crippen LogP contribution in [0.5, 0.6) is 0 Å². The highest BCUT2D eigenvalue weighted by atomic mass is 32.1. The molecule has 1 fully saturated rings. The third-order valence-corrected chi connectivity index (χ3v) is 8.43. The number of carbonyl (C=O) groups excluding carboxylic acids is 2. The highest BCUT2D eigenvalue weighted by Crippen LogP contribution is 2.57. The molecule has 32 heavy (non-hydrogen) atoms. The lowest BCUT2D eigenvalue weighted by molar-refractivity contribution is -0.143. The van der Waals surface area contributed by atoms with E-state index >= 15 is 0 Å². The SMILES string of the molecule is C=CCN(C)C(=O)[C@@H](C)[C@@H]1CC[C@@]2(C)Cc3sc(NC(=O)CN(C)C)nc3[C@@H](C)[C@@H]2[C@H]1O. The van der Waals surface area contributed by atoms with Crippen LogP contribution in [0.25, 0.3) is 0 Å². The lowest BCUT2D eigenvalue weighted by Gasteiger charge is -2.53. The van der Waals surface area contributed by atoms with Crippen molar-refractivity contribution >= 4 is 28.3 Å². The van der Waals surface area contributed by atoms with Gasteiger partial charge in [-0.3, -0.25) is 9.59 Å². The van der Waals surface area contributed by atoms with E-state index in [2.05, 4.69) is 25.7 Å². The molecule has 2 aliphatic rings. The van der Waals surface area contributed by atoms with E-state index in [1.807, 2.05) is 25.9 Å². The molecule has 1 saturated carbocycles. The minimum Gasteiger partial charge on any atom is -0.392 e. The van der Waals surface area contributed by atoms with E-state index in [1.54, 1.807) is 29.4 Å². The fourth-order valence-corrected chi connectivity index (χ4v) is 7.14. The Morgan fingerprint density at radius 1 is 1.41 bits per heavy atom. The quantitative estimate of drug-likeness (QED) is 0.609. The molecule has 3 rings (SSSR count). The van der Waals surface area contributed by atoms with Crippen molar-refractivity contribution in [3.05, 3.63) is 23.2 Å². The normalized spacial score (nSPS) is 30.2. The van der Waals surface area contributed by atoms with E-state index in [1.165, 1.54) is 4.88 Å². The molecular weight excluding hydrogens is 424 g/mol. The van der Waals surface area contributed by atoms with Gasteiger partial charge in [0.2, 0.25) is 11.8 Å². The van der Waals surface area contributed by atoms with Crippen molar-refractivity contribution in [1.82, 2.24) is 14.8 Å². The number of hydrogen-bond donors (Lipinski definition) is 2. The van der Waals surface area contributed by atoms with Crippen LogP contribution in [0.3, 0.4) is 0 Å². The van der Waals surface area contributed by atoms with Crippen molar-refractivity contribution in [1.29, 1.82) is 0 Å². The summed E-state index contributed by atoms with van der Waals surface area (Å²) in [5, 5.41) is 15.1. The lowest BCUT2D eigenvalue weighted by atomic mass is 9.53. The first-order chi connectivity index (χ1) is 15.0. The molecular formula is C24H38N4O3S. The van der Waals surface area contributed by atoms with Crippen LogP contribution in [-0.2, 0) is 16.0 Å². The molecule has 0 radical (unpaired) electrons. The van der Waals surface area contributed by atoms with Crippen LogP contribution in [0, 0.1) is 23.2 Å². The summed E-state index contributed by atoms with van der Waals surface area (Å²) in [6.07, 6.45) is 3.80. The Labute approximate surface area is 195 Å². The van der Waals surface area contributed by atoms with Crippen LogP contribution < -0.4 is 5.32 Å². The van der Waals surface area contributed by atoms with E-state index in [9.17, 15) is 14.7 Å². The maximum atomic E-state index is 12.9. The molecule has 0 spiro atoms. The van der Waals surface area contributed by atoms with Gasteiger partial charge in [-0.2, -0.15) is 0 Å². The van der Waals surface area contributed by atoms with Gasteiger partial charge in [0.25, 0.3) is 0 Å². The highest BCUT2D eigenvalue weighted by molar-refractivity contribution is 7.15. The highest BCUT2D eigenvalue weighted by Gasteiger charge is 2.54. The van der Waals surface area contributed by atoms with E-state index in [0.717, 1.165) is 25.0 Å². The van der Waals surface area contributed by atoms with Crippen LogP contribution in [-0.4, -0.2) is 72.0 Å². The van der Waals surface area contributed by atoms with E-state index in [4.69, 9.17) is 4.98 Å². The molecule has 2 aliphatic carbocycles. The summed E-state index contributed by atoms with van der Waals surface area (Å²) >= 11 is 1.56. The summed E-state index contributed by atoms with van der Waals surface area (Å²) < 4.78 is 0. The van der Waals surface area contributed by atoms with Gasteiger partial charge in [-0.15, -0.1) is 17.9 Å². The van der Waals surface area contributed by atoms with Gasteiger partial charge in [-0.1, -0.05) is 26.8 Å². The first kappa shape index (κ1) is 24.9. The fraction of sp³-hybridized carbons (Fsp3) is 0.708. The molecule has 0 bridgehead atoms. The maximum Gasteiger partial charge on any atom is 0.240 e. The van der Waals surface area contributed by atoms with Gasteiger partial charge in [0, 0.05) is 30.3 Å². The molecule has 1 aromatic rings. The second-order valence-corrected chi connectivity index (χ2v) is 11.3. The van der Waals surface area contributed by atoms with Crippen LogP contribution in [0.15, 0.2) is 12.7 Å². The number of nitrogens with one attached hydrogen (secondary N) is 1. The summed E-state index contributed by atoms with van der Waals surface area (Å²) in [7, 11) is 5.51. The zero-order valence-corrected chi connectivity index (χ0v) is 21.0. The van der Waals surface area contributed by atoms with Crippen LogP contribution in [0.4, 0.5) is 5.13 Å². The number of carbonyl (C=O) groups is 2. The van der Waals surface area contributed by atoms with Crippen molar-refractivity contribution in [2.24, 2.45) is 23.2 Å². The average Bonchev–Trinajstić information content (AvgIpc) is 3.08. The molecule has 2 amide bonds. The lowest BCUT2D eigenvalue weighted by Crippen LogP contribution is -2.53. The number of likely N-dealkylation sites (N-methyl/N-ethyl adjacent to an activating group) is 2. The number of amides is 2. The van der Waals surface area contributed by atoms with Gasteiger partial charge in [-0.05, 0) is 50.6 Å². The second kappa shape index (κ2) is 9.61. The summed E-state index contributed by atoms with van der Waals surface area (Å²) in [6, 6.07) is 0. The minimum atomic E-state index is -0.568. The van der Waals surface area contributed by atoms with Crippen molar-refractivity contribution < 1.29 is 14.7 Å². The molecule has 6 atom stereocenters. The average molecular weight is 463 g/mol. The number of aliphatic hydroxyl groups excluding tert-OH is 1. The molecule has 0 saturated heterocycles. The van der Waals surface area contributed by atoms with Crippen LogP contribution >= 0.6 is 11.3 Å². The smallest absolute Gasteiger partial charge is 0.240 e. The van der Waals surface area contributed by atoms with Crippen LogP contribution in [0.2, 0.25) is 0 Å². The number of fused-ring (bicyclic) bond motifs is 2. The van der Waals surface area contributed by atoms with Gasteiger partial charge < -0.3 is 20.2 Å². The molecule has 0 aromatic carbocycles. The van der Waals surface area contributed by atoms with E-state index in [0.29, 0.717) is 18.2 Å². The molecule has 1 heterocycles. The van der Waals surface area contributed by atoms with Gasteiger partial charge in [-0.25, -0.2) is 4.98 Å². The van der Waals surface area contributed by atoms with Crippen molar-refractivity contribution in [2.45, 2.75) is 52.1 Å². The minimum absolute atomic E-state index is 0.0288. The predicted octanol–water partition coefficient (Wildman–Crippen LogP) is 2.98. The van der Waals surface area contributed by atoms with Crippen molar-refractivity contribution in [2.75, 3.05) is 39.5 Å². The molecule has 0 aliphatic heterocycles. The third-order valence-electron chi connectivity index (χ3n) is 7.44. The van der Waals surface area contributed by atoms with Gasteiger partial charge in [0.1, 0.15) is 0 Å². The van der Waals surface area contributed by atoms with Gasteiger partial charge in [0.15, 0.2) is 5.13 Å². The Morgan fingerprint density at radius 3 is 2.72 bits per heavy atom. The molecule has 178 valence electrons. The Hall–Kier alpha value is -1.77. The molecule has 0 unspecified atom stereocenters. The number of rotatable bonds is 7. The Bertz CT molecular complexity index is 869. The molecule has 2 N–H and O–H groups in total. The number of hydrogen-bond acceptors (Lipinski definition) is 6. The summed E-state index contributed by atoms with van der Waals surface area (Å²) in [6.45, 7) is 10.9. The zero-order valence-electron chi connectivity index (χ0n) is 20.2. The predicted molar refractivity (Wildman–Crippen MR) is 129 cm³/mol. The first-order valence-corrected chi connectivity index (χ1v) is 12.3. The van der Waals surface area contributed by atoms with Gasteiger partial charge in [0.05, 0.1) is 18.3 Å². The Kier molecular flexibility index (Phi) is 7.47. The number of anilines is 1. The van der Waals surface area contributed by atoms with Crippen molar-refractivity contribution in [3.63, 3.8) is 0 Å². The Balaban J connectivity index is 1.81. The van der Waals surface area contributed by atoms with E-state index < -0.39 is 6.10 Å². The topological polar surface area (TPSA) is 85.8 Å². The second-order valence-electron chi connectivity index (χ2n) is 10.2. The van der Waals surface area contributed by atoms with E-state index in [-0.39, 0.29) is 40.9 Å².